The number of para-hydroxylation sites is 2. The van der Waals surface area contributed by atoms with Crippen molar-refractivity contribution >= 4 is 41.0 Å². The largest absolute Gasteiger partial charge is 0.378 e. The van der Waals surface area contributed by atoms with Crippen LogP contribution in [0.25, 0.3) is 11.0 Å². The third kappa shape index (κ3) is 6.12. The third-order valence-electron chi connectivity index (χ3n) is 4.36. The van der Waals surface area contributed by atoms with Crippen molar-refractivity contribution in [2.75, 3.05) is 20.2 Å². The van der Waals surface area contributed by atoms with E-state index in [1.165, 1.54) is 0 Å². The summed E-state index contributed by atoms with van der Waals surface area (Å²) in [5, 5.41) is 6.70. The van der Waals surface area contributed by atoms with E-state index in [1.807, 2.05) is 32.2 Å². The molecule has 1 aromatic carbocycles. The van der Waals surface area contributed by atoms with Gasteiger partial charge in [0.05, 0.1) is 23.7 Å². The van der Waals surface area contributed by atoms with Gasteiger partial charge >= 0.3 is 0 Å². The minimum absolute atomic E-state index is 0. The number of aromatic nitrogens is 2. The fraction of sp³-hybridized carbons (Fsp3) is 0.579. The lowest BCUT2D eigenvalue weighted by Gasteiger charge is -2.21. The molecule has 0 spiro atoms. The molecule has 0 aliphatic heterocycles. The van der Waals surface area contributed by atoms with Crippen LogP contribution in [0, 0.1) is 5.92 Å². The van der Waals surface area contributed by atoms with Gasteiger partial charge in [-0.3, -0.25) is 4.99 Å². The van der Waals surface area contributed by atoms with Gasteiger partial charge < -0.3 is 19.9 Å². The molecule has 1 atom stereocenters. The lowest BCUT2D eigenvalue weighted by atomic mass is 10.0. The molecule has 0 radical (unpaired) electrons. The molecule has 0 bridgehead atoms. The number of fused-ring (bicyclic) bond motifs is 1. The van der Waals surface area contributed by atoms with E-state index in [9.17, 15) is 0 Å². The van der Waals surface area contributed by atoms with Crippen molar-refractivity contribution in [3.63, 3.8) is 0 Å². The second kappa shape index (κ2) is 11.4. The standard InChI is InChI=1S/C19H31N5O.HI/c1-6-25-17(14(2)3)11-12-21-19(20-4)22-13-18-23-15-9-7-8-10-16(15)24(18)5;/h7-10,14,17H,6,11-13H2,1-5H3,(H2,20,21,22);1H. The van der Waals surface area contributed by atoms with E-state index in [0.29, 0.717) is 12.5 Å². The first-order valence-electron chi connectivity index (χ1n) is 9.03. The van der Waals surface area contributed by atoms with Crippen molar-refractivity contribution in [1.29, 1.82) is 0 Å². The number of nitrogens with zero attached hydrogens (tertiary/aromatic N) is 3. The number of nitrogens with one attached hydrogen (secondary N) is 2. The van der Waals surface area contributed by atoms with Crippen LogP contribution in [0.1, 0.15) is 33.0 Å². The monoisotopic (exact) mass is 473 g/mol. The SMILES string of the molecule is CCOC(CCNC(=NC)NCc1nc2ccccc2n1C)C(C)C.I. The first-order valence-corrected chi connectivity index (χ1v) is 9.03. The zero-order valence-corrected chi connectivity index (χ0v) is 18.8. The molecule has 7 heteroatoms. The predicted molar refractivity (Wildman–Crippen MR) is 119 cm³/mol. The first kappa shape index (κ1) is 22.7. The van der Waals surface area contributed by atoms with Crippen molar-refractivity contribution < 1.29 is 4.74 Å². The molecule has 0 saturated carbocycles. The van der Waals surface area contributed by atoms with Crippen LogP contribution in [-0.4, -0.2) is 41.8 Å². The molecular formula is C19H32IN5O. The molecule has 2 rings (SSSR count). The summed E-state index contributed by atoms with van der Waals surface area (Å²) >= 11 is 0. The van der Waals surface area contributed by atoms with E-state index >= 15 is 0 Å². The van der Waals surface area contributed by atoms with Crippen molar-refractivity contribution in [3.05, 3.63) is 30.1 Å². The number of guanidine groups is 1. The first-order chi connectivity index (χ1) is 12.1. The molecule has 0 aliphatic carbocycles. The van der Waals surface area contributed by atoms with Crippen LogP contribution in [0.5, 0.6) is 0 Å². The van der Waals surface area contributed by atoms with E-state index in [1.54, 1.807) is 7.05 Å². The van der Waals surface area contributed by atoms with Crippen LogP contribution in [-0.2, 0) is 18.3 Å². The number of benzene rings is 1. The molecule has 146 valence electrons. The van der Waals surface area contributed by atoms with Gasteiger partial charge in [-0.1, -0.05) is 26.0 Å². The molecule has 0 aliphatic rings. The highest BCUT2D eigenvalue weighted by atomic mass is 127. The van der Waals surface area contributed by atoms with Gasteiger partial charge in [0, 0.05) is 27.2 Å². The third-order valence-corrected chi connectivity index (χ3v) is 4.36. The number of ether oxygens (including phenoxy) is 1. The Bertz CT molecular complexity index is 698. The smallest absolute Gasteiger partial charge is 0.191 e. The molecule has 0 amide bonds. The molecule has 2 aromatic rings. The summed E-state index contributed by atoms with van der Waals surface area (Å²) in [4.78, 5) is 8.96. The van der Waals surface area contributed by atoms with E-state index in [4.69, 9.17) is 4.74 Å². The van der Waals surface area contributed by atoms with Gasteiger partial charge in [0.2, 0.25) is 0 Å². The highest BCUT2D eigenvalue weighted by molar-refractivity contribution is 14.0. The summed E-state index contributed by atoms with van der Waals surface area (Å²) in [6, 6.07) is 8.16. The fourth-order valence-electron chi connectivity index (χ4n) is 2.89. The Labute approximate surface area is 173 Å². The van der Waals surface area contributed by atoms with E-state index in [-0.39, 0.29) is 30.1 Å². The summed E-state index contributed by atoms with van der Waals surface area (Å²) in [6.07, 6.45) is 1.23. The zero-order valence-electron chi connectivity index (χ0n) is 16.5. The Morgan fingerprint density at radius 2 is 2.00 bits per heavy atom. The van der Waals surface area contributed by atoms with Crippen LogP contribution in [0.15, 0.2) is 29.3 Å². The number of hydrogen-bond acceptors (Lipinski definition) is 3. The molecule has 26 heavy (non-hydrogen) atoms. The summed E-state index contributed by atoms with van der Waals surface area (Å²) in [5.74, 6) is 2.28. The number of hydrogen-bond donors (Lipinski definition) is 2. The molecule has 1 heterocycles. The number of imidazole rings is 1. The van der Waals surface area contributed by atoms with Gasteiger partial charge in [0.15, 0.2) is 5.96 Å². The Kier molecular flexibility index (Phi) is 9.93. The van der Waals surface area contributed by atoms with Gasteiger partial charge in [-0.2, -0.15) is 0 Å². The second-order valence-electron chi connectivity index (χ2n) is 6.45. The lowest BCUT2D eigenvalue weighted by Crippen LogP contribution is -2.39. The second-order valence-corrected chi connectivity index (χ2v) is 6.45. The van der Waals surface area contributed by atoms with Gasteiger partial charge in [-0.25, -0.2) is 4.98 Å². The normalized spacial score (nSPS) is 12.9. The Morgan fingerprint density at radius 1 is 1.27 bits per heavy atom. The maximum absolute atomic E-state index is 5.78. The minimum atomic E-state index is 0. The lowest BCUT2D eigenvalue weighted by molar-refractivity contribution is 0.0258. The number of aliphatic imine (C=N–C) groups is 1. The van der Waals surface area contributed by atoms with Crippen molar-refractivity contribution in [2.45, 2.75) is 39.8 Å². The Hall–Kier alpha value is -1.35. The van der Waals surface area contributed by atoms with E-state index < -0.39 is 0 Å². The zero-order chi connectivity index (χ0) is 18.2. The van der Waals surface area contributed by atoms with Crippen LogP contribution >= 0.6 is 24.0 Å². The number of rotatable bonds is 8. The van der Waals surface area contributed by atoms with Gasteiger partial charge in [0.25, 0.3) is 0 Å². The molecule has 1 unspecified atom stereocenters. The van der Waals surface area contributed by atoms with Crippen molar-refractivity contribution in [1.82, 2.24) is 20.2 Å². The number of halogens is 1. The maximum Gasteiger partial charge on any atom is 0.191 e. The average Bonchev–Trinajstić information content (AvgIpc) is 2.93. The molecule has 2 N–H and O–H groups in total. The Morgan fingerprint density at radius 3 is 2.62 bits per heavy atom. The quantitative estimate of drug-likeness (QED) is 0.351. The van der Waals surface area contributed by atoms with Crippen LogP contribution < -0.4 is 10.6 Å². The number of aryl methyl sites for hydroxylation is 1. The fourth-order valence-corrected chi connectivity index (χ4v) is 2.89. The van der Waals surface area contributed by atoms with Gasteiger partial charge in [-0.05, 0) is 31.4 Å². The molecule has 6 nitrogen and oxygen atoms in total. The molecule has 0 fully saturated rings. The van der Waals surface area contributed by atoms with Gasteiger partial charge in [-0.15, -0.1) is 24.0 Å². The van der Waals surface area contributed by atoms with Crippen LogP contribution in [0.3, 0.4) is 0 Å². The summed E-state index contributed by atoms with van der Waals surface area (Å²) in [6.45, 7) is 8.63. The van der Waals surface area contributed by atoms with Crippen molar-refractivity contribution in [3.8, 4) is 0 Å². The highest BCUT2D eigenvalue weighted by Gasteiger charge is 2.13. The van der Waals surface area contributed by atoms with Gasteiger partial charge in [0.1, 0.15) is 5.82 Å². The minimum Gasteiger partial charge on any atom is -0.378 e. The Balaban J connectivity index is 0.00000338. The summed E-state index contributed by atoms with van der Waals surface area (Å²) in [5.41, 5.74) is 2.15. The predicted octanol–water partition coefficient (Wildman–Crippen LogP) is 3.31. The summed E-state index contributed by atoms with van der Waals surface area (Å²) < 4.78 is 7.89. The average molecular weight is 473 g/mol. The molecular weight excluding hydrogens is 441 g/mol. The topological polar surface area (TPSA) is 63.5 Å². The molecule has 0 saturated heterocycles. The van der Waals surface area contributed by atoms with E-state index in [2.05, 4.69) is 45.1 Å². The maximum atomic E-state index is 5.78. The van der Waals surface area contributed by atoms with Crippen molar-refractivity contribution in [2.24, 2.45) is 18.0 Å². The van der Waals surface area contributed by atoms with Crippen LogP contribution in [0.2, 0.25) is 0 Å². The molecule has 1 aromatic heterocycles. The summed E-state index contributed by atoms with van der Waals surface area (Å²) in [7, 11) is 3.82. The van der Waals surface area contributed by atoms with Crippen LogP contribution in [0.4, 0.5) is 0 Å². The van der Waals surface area contributed by atoms with E-state index in [0.717, 1.165) is 42.4 Å². The highest BCUT2D eigenvalue weighted by Crippen LogP contribution is 2.14.